The van der Waals surface area contributed by atoms with E-state index in [1.165, 1.54) is 46.8 Å². The van der Waals surface area contributed by atoms with Crippen LogP contribution in [0.4, 0.5) is 0 Å². The van der Waals surface area contributed by atoms with Gasteiger partial charge in [-0.15, -0.1) is 0 Å². The fraction of sp³-hybridized carbons (Fsp3) is 0.667. The van der Waals surface area contributed by atoms with E-state index in [1.54, 1.807) is 0 Å². The van der Waals surface area contributed by atoms with E-state index in [0.717, 1.165) is 12.5 Å². The van der Waals surface area contributed by atoms with Gasteiger partial charge in [-0.2, -0.15) is 0 Å². The van der Waals surface area contributed by atoms with Crippen molar-refractivity contribution in [2.75, 3.05) is 6.54 Å². The molecule has 1 aromatic carbocycles. The van der Waals surface area contributed by atoms with Crippen LogP contribution < -0.4 is 5.32 Å². The summed E-state index contributed by atoms with van der Waals surface area (Å²) in [5.74, 6) is 0.731. The lowest BCUT2D eigenvalue weighted by atomic mass is 9.84. The van der Waals surface area contributed by atoms with Crippen LogP contribution in [0.3, 0.4) is 0 Å². The number of hydrogen-bond acceptors (Lipinski definition) is 1. The topological polar surface area (TPSA) is 12.0 Å². The van der Waals surface area contributed by atoms with Gasteiger partial charge in [0.2, 0.25) is 0 Å². The molecule has 20 heavy (non-hydrogen) atoms. The molecule has 0 amide bonds. The molecule has 0 heterocycles. The molecule has 114 valence electrons. The first-order chi connectivity index (χ1) is 9.54. The Hall–Kier alpha value is -0.340. The molecule has 0 bridgehead atoms. The summed E-state index contributed by atoms with van der Waals surface area (Å²) < 4.78 is 1.22. The predicted molar refractivity (Wildman–Crippen MR) is 93.3 cm³/mol. The monoisotopic (exact) mass is 339 g/mol. The summed E-state index contributed by atoms with van der Waals surface area (Å²) in [5.41, 5.74) is 4.21. The Morgan fingerprint density at radius 1 is 1.10 bits per heavy atom. The highest BCUT2D eigenvalue weighted by atomic mass is 79.9. The van der Waals surface area contributed by atoms with Gasteiger partial charge in [-0.25, -0.2) is 0 Å². The summed E-state index contributed by atoms with van der Waals surface area (Å²) in [6, 6.07) is 5.12. The summed E-state index contributed by atoms with van der Waals surface area (Å²) in [5, 5.41) is 3.73. The molecule has 1 aromatic rings. The molecule has 0 radical (unpaired) electrons. The van der Waals surface area contributed by atoms with Crippen LogP contribution >= 0.6 is 15.9 Å². The van der Waals surface area contributed by atoms with Gasteiger partial charge >= 0.3 is 0 Å². The van der Waals surface area contributed by atoms with Crippen LogP contribution in [0.15, 0.2) is 16.6 Å². The van der Waals surface area contributed by atoms with Gasteiger partial charge < -0.3 is 5.32 Å². The van der Waals surface area contributed by atoms with Gasteiger partial charge in [-0.1, -0.05) is 62.0 Å². The Morgan fingerprint density at radius 2 is 1.80 bits per heavy atom. The molecular weight excluding hydrogens is 310 g/mol. The number of halogens is 1. The van der Waals surface area contributed by atoms with Gasteiger partial charge in [0.15, 0.2) is 0 Å². The molecule has 0 fully saturated rings. The molecule has 0 aromatic heterocycles. The molecule has 0 spiro atoms. The fourth-order valence-electron chi connectivity index (χ4n) is 2.96. The standard InChI is InChI=1S/C18H30BrN/c1-6-9-10-15(7-2)18(20-8-3)16-11-14(5)17(19)12-13(16)4/h11-12,15,18,20H,6-10H2,1-5H3. The molecule has 1 nitrogen and oxygen atoms in total. The molecule has 2 unspecified atom stereocenters. The predicted octanol–water partition coefficient (Wildman–Crippen LogP) is 5.93. The molecule has 2 atom stereocenters. The summed E-state index contributed by atoms with van der Waals surface area (Å²) in [6.07, 6.45) is 5.17. The van der Waals surface area contributed by atoms with Crippen LogP contribution in [-0.2, 0) is 0 Å². The highest BCUT2D eigenvalue weighted by molar-refractivity contribution is 9.10. The van der Waals surface area contributed by atoms with Crippen LogP contribution in [0.5, 0.6) is 0 Å². The van der Waals surface area contributed by atoms with Crippen molar-refractivity contribution in [2.24, 2.45) is 5.92 Å². The lowest BCUT2D eigenvalue weighted by Gasteiger charge is -2.29. The third-order valence-corrected chi connectivity index (χ3v) is 5.08. The molecule has 0 saturated heterocycles. The van der Waals surface area contributed by atoms with Crippen molar-refractivity contribution in [3.05, 3.63) is 33.3 Å². The minimum Gasteiger partial charge on any atom is -0.310 e. The van der Waals surface area contributed by atoms with Crippen molar-refractivity contribution >= 4 is 15.9 Å². The zero-order valence-electron chi connectivity index (χ0n) is 13.7. The van der Waals surface area contributed by atoms with E-state index >= 15 is 0 Å². The molecular formula is C18H30BrN. The molecule has 0 aliphatic rings. The molecule has 0 saturated carbocycles. The molecule has 0 aliphatic carbocycles. The molecule has 1 N–H and O–H groups in total. The van der Waals surface area contributed by atoms with Gasteiger partial charge in [-0.3, -0.25) is 0 Å². The molecule has 0 aliphatic heterocycles. The SMILES string of the molecule is CCCCC(CC)C(NCC)c1cc(C)c(Br)cc1C. The largest absolute Gasteiger partial charge is 0.310 e. The third kappa shape index (κ3) is 4.60. The Kier molecular flexibility index (Phi) is 7.83. The second-order valence-corrected chi connectivity index (χ2v) is 6.66. The minimum atomic E-state index is 0.489. The van der Waals surface area contributed by atoms with E-state index in [1.807, 2.05) is 0 Å². The quantitative estimate of drug-likeness (QED) is 0.618. The summed E-state index contributed by atoms with van der Waals surface area (Å²) in [6.45, 7) is 12.3. The summed E-state index contributed by atoms with van der Waals surface area (Å²) in [7, 11) is 0. The first kappa shape index (κ1) is 17.7. The Labute approximate surface area is 133 Å². The van der Waals surface area contributed by atoms with E-state index in [9.17, 15) is 0 Å². The number of unbranched alkanes of at least 4 members (excludes halogenated alkanes) is 1. The van der Waals surface area contributed by atoms with Crippen LogP contribution in [0.2, 0.25) is 0 Å². The van der Waals surface area contributed by atoms with Crippen LogP contribution in [0.1, 0.15) is 69.2 Å². The number of nitrogens with one attached hydrogen (secondary N) is 1. The van der Waals surface area contributed by atoms with Crippen molar-refractivity contribution in [2.45, 2.75) is 66.3 Å². The Balaban J connectivity index is 3.08. The maximum Gasteiger partial charge on any atom is 0.0351 e. The van der Waals surface area contributed by atoms with Gasteiger partial charge in [0, 0.05) is 10.5 Å². The van der Waals surface area contributed by atoms with Crippen LogP contribution in [0, 0.1) is 19.8 Å². The number of aryl methyl sites for hydroxylation is 2. The van der Waals surface area contributed by atoms with Crippen molar-refractivity contribution in [1.29, 1.82) is 0 Å². The van der Waals surface area contributed by atoms with E-state index in [0.29, 0.717) is 6.04 Å². The van der Waals surface area contributed by atoms with Gasteiger partial charge in [0.05, 0.1) is 0 Å². The molecule has 2 heteroatoms. The summed E-state index contributed by atoms with van der Waals surface area (Å²) >= 11 is 3.64. The second kappa shape index (κ2) is 8.84. The average molecular weight is 340 g/mol. The van der Waals surface area contributed by atoms with Crippen LogP contribution in [0.25, 0.3) is 0 Å². The zero-order chi connectivity index (χ0) is 15.1. The van der Waals surface area contributed by atoms with Crippen molar-refractivity contribution in [3.63, 3.8) is 0 Å². The zero-order valence-corrected chi connectivity index (χ0v) is 15.3. The molecule has 1 rings (SSSR count). The lowest BCUT2D eigenvalue weighted by Crippen LogP contribution is -2.29. The maximum absolute atomic E-state index is 3.73. The first-order valence-electron chi connectivity index (χ1n) is 8.05. The maximum atomic E-state index is 3.73. The van der Waals surface area contributed by atoms with Crippen LogP contribution in [-0.4, -0.2) is 6.54 Å². The fourth-order valence-corrected chi connectivity index (χ4v) is 3.42. The van der Waals surface area contributed by atoms with E-state index < -0.39 is 0 Å². The number of benzene rings is 1. The van der Waals surface area contributed by atoms with Gasteiger partial charge in [0.1, 0.15) is 0 Å². The number of rotatable bonds is 8. The highest BCUT2D eigenvalue weighted by Gasteiger charge is 2.22. The average Bonchev–Trinajstić information content (AvgIpc) is 2.42. The third-order valence-electron chi connectivity index (χ3n) is 4.23. The minimum absolute atomic E-state index is 0.489. The normalized spacial score (nSPS) is 14.3. The van der Waals surface area contributed by atoms with E-state index in [4.69, 9.17) is 0 Å². The van der Waals surface area contributed by atoms with Gasteiger partial charge in [0.25, 0.3) is 0 Å². The Bertz CT molecular complexity index is 414. The van der Waals surface area contributed by atoms with Gasteiger partial charge in [-0.05, 0) is 55.5 Å². The van der Waals surface area contributed by atoms with Crippen molar-refractivity contribution in [3.8, 4) is 0 Å². The second-order valence-electron chi connectivity index (χ2n) is 5.80. The van der Waals surface area contributed by atoms with Crippen molar-refractivity contribution in [1.82, 2.24) is 5.32 Å². The smallest absolute Gasteiger partial charge is 0.0351 e. The lowest BCUT2D eigenvalue weighted by molar-refractivity contribution is 0.327. The number of hydrogen-bond donors (Lipinski definition) is 1. The van der Waals surface area contributed by atoms with E-state index in [-0.39, 0.29) is 0 Å². The first-order valence-corrected chi connectivity index (χ1v) is 8.84. The van der Waals surface area contributed by atoms with Crippen molar-refractivity contribution < 1.29 is 0 Å². The summed E-state index contributed by atoms with van der Waals surface area (Å²) in [4.78, 5) is 0. The Morgan fingerprint density at radius 3 is 2.35 bits per heavy atom. The van der Waals surface area contributed by atoms with E-state index in [2.05, 4.69) is 68.0 Å². The highest BCUT2D eigenvalue weighted by Crippen LogP contribution is 2.33.